The molecule has 8 heteroatoms. The van der Waals surface area contributed by atoms with Crippen molar-refractivity contribution in [3.05, 3.63) is 0 Å². The number of aliphatic hydroxyl groups is 1. The summed E-state index contributed by atoms with van der Waals surface area (Å²) >= 11 is 0. The lowest BCUT2D eigenvalue weighted by atomic mass is 10.3. The molecule has 1 atom stereocenters. The number of hydrogen-bond acceptors (Lipinski definition) is 4. The minimum atomic E-state index is -1.38. The summed E-state index contributed by atoms with van der Waals surface area (Å²) in [7, 11) is 3.05. The number of hydrogen-bond donors (Lipinski definition) is 4. The molecule has 0 spiro atoms. The third kappa shape index (κ3) is 5.15. The van der Waals surface area contributed by atoms with Crippen LogP contribution in [0.1, 0.15) is 0 Å². The second kappa shape index (κ2) is 6.62. The van der Waals surface area contributed by atoms with Crippen LogP contribution in [0.2, 0.25) is 0 Å². The van der Waals surface area contributed by atoms with Crippen molar-refractivity contribution < 1.29 is 24.6 Å². The molecule has 0 radical (unpaired) electrons. The van der Waals surface area contributed by atoms with Gasteiger partial charge in [-0.25, -0.2) is 9.59 Å². The lowest BCUT2D eigenvalue weighted by Crippen LogP contribution is -2.49. The topological polar surface area (TPSA) is 119 Å². The minimum Gasteiger partial charge on any atom is -0.480 e. The van der Waals surface area contributed by atoms with Crippen molar-refractivity contribution in [3.8, 4) is 0 Å². The van der Waals surface area contributed by atoms with Crippen molar-refractivity contribution in [2.75, 3.05) is 27.2 Å². The first kappa shape index (κ1) is 14.2. The van der Waals surface area contributed by atoms with Crippen LogP contribution in [0.4, 0.5) is 4.79 Å². The monoisotopic (exact) mass is 233 g/mol. The van der Waals surface area contributed by atoms with E-state index in [0.29, 0.717) is 0 Å². The number of aliphatic carboxylic acids is 1. The second-order valence-electron chi connectivity index (χ2n) is 3.19. The lowest BCUT2D eigenvalue weighted by molar-refractivity contribution is -0.140. The number of carboxylic acids is 1. The average Bonchev–Trinajstić information content (AvgIpc) is 2.21. The molecule has 0 aromatic heterocycles. The van der Waals surface area contributed by atoms with Crippen molar-refractivity contribution in [1.82, 2.24) is 15.5 Å². The molecule has 3 amide bonds. The highest BCUT2D eigenvalue weighted by atomic mass is 16.4. The maximum atomic E-state index is 11.1. The summed E-state index contributed by atoms with van der Waals surface area (Å²) in [5, 5.41) is 21.3. The van der Waals surface area contributed by atoms with Gasteiger partial charge in [-0.3, -0.25) is 4.79 Å². The van der Waals surface area contributed by atoms with E-state index in [-0.39, 0.29) is 12.5 Å². The number of aliphatic hydroxyl groups excluding tert-OH is 1. The number of nitrogens with zero attached hydrogens (tertiary/aromatic N) is 1. The van der Waals surface area contributed by atoms with Gasteiger partial charge in [0.05, 0.1) is 13.2 Å². The Morgan fingerprint density at radius 1 is 1.31 bits per heavy atom. The molecule has 0 bridgehead atoms. The van der Waals surface area contributed by atoms with Crippen molar-refractivity contribution in [1.29, 1.82) is 0 Å². The van der Waals surface area contributed by atoms with Crippen LogP contribution in [0.15, 0.2) is 0 Å². The molecule has 0 aliphatic carbocycles. The highest BCUT2D eigenvalue weighted by Gasteiger charge is 2.18. The van der Waals surface area contributed by atoms with Crippen molar-refractivity contribution in [3.63, 3.8) is 0 Å². The summed E-state index contributed by atoms with van der Waals surface area (Å²) in [6, 6.07) is -2.20. The van der Waals surface area contributed by atoms with Gasteiger partial charge >= 0.3 is 12.0 Å². The number of carboxylic acid groups (broad SMARTS) is 1. The predicted molar refractivity (Wildman–Crippen MR) is 53.7 cm³/mol. The molecule has 16 heavy (non-hydrogen) atoms. The number of carbonyl (C=O) groups is 3. The standard InChI is InChI=1S/C8H15N3O5/c1-11(2)6(13)3-9-8(16)10-5(4-12)7(14)15/h5,12H,3-4H2,1-2H3,(H,14,15)(H2,9,10,16)/t5-/m0/s1. The van der Waals surface area contributed by atoms with Gasteiger partial charge in [0.25, 0.3) is 0 Å². The van der Waals surface area contributed by atoms with Gasteiger partial charge in [-0.1, -0.05) is 0 Å². The van der Waals surface area contributed by atoms with Crippen molar-refractivity contribution >= 4 is 17.9 Å². The van der Waals surface area contributed by atoms with Crippen LogP contribution in [-0.4, -0.2) is 66.3 Å². The zero-order valence-electron chi connectivity index (χ0n) is 9.06. The first-order chi connectivity index (χ1) is 7.38. The Hall–Kier alpha value is -1.83. The van der Waals surface area contributed by atoms with Gasteiger partial charge in [0, 0.05) is 14.1 Å². The smallest absolute Gasteiger partial charge is 0.328 e. The molecule has 0 heterocycles. The highest BCUT2D eigenvalue weighted by molar-refractivity contribution is 5.86. The molecule has 0 saturated carbocycles. The number of likely N-dealkylation sites (N-methyl/N-ethyl adjacent to an activating group) is 1. The first-order valence-corrected chi connectivity index (χ1v) is 4.46. The second-order valence-corrected chi connectivity index (χ2v) is 3.19. The van der Waals surface area contributed by atoms with E-state index in [4.69, 9.17) is 10.2 Å². The van der Waals surface area contributed by atoms with E-state index in [1.807, 2.05) is 5.32 Å². The predicted octanol–water partition coefficient (Wildman–Crippen LogP) is -2.18. The molecular weight excluding hydrogens is 218 g/mol. The summed E-state index contributed by atoms with van der Waals surface area (Å²) in [4.78, 5) is 33.8. The molecule has 0 aromatic rings. The lowest BCUT2D eigenvalue weighted by Gasteiger charge is -2.14. The Morgan fingerprint density at radius 3 is 2.25 bits per heavy atom. The molecule has 0 saturated heterocycles. The summed E-state index contributed by atoms with van der Waals surface area (Å²) in [5.74, 6) is -1.68. The van der Waals surface area contributed by atoms with Gasteiger partial charge in [-0.2, -0.15) is 0 Å². The van der Waals surface area contributed by atoms with Gasteiger partial charge in [-0.05, 0) is 0 Å². The normalized spacial score (nSPS) is 11.4. The fourth-order valence-electron chi connectivity index (χ4n) is 0.709. The van der Waals surface area contributed by atoms with E-state index >= 15 is 0 Å². The van der Waals surface area contributed by atoms with Crippen molar-refractivity contribution in [2.45, 2.75) is 6.04 Å². The van der Waals surface area contributed by atoms with E-state index in [1.54, 1.807) is 0 Å². The zero-order chi connectivity index (χ0) is 12.7. The third-order valence-electron chi connectivity index (χ3n) is 1.68. The van der Waals surface area contributed by atoms with Gasteiger partial charge in [0.2, 0.25) is 5.91 Å². The quantitative estimate of drug-likeness (QED) is 0.430. The van der Waals surface area contributed by atoms with Crippen LogP contribution in [0.3, 0.4) is 0 Å². The highest BCUT2D eigenvalue weighted by Crippen LogP contribution is 1.82. The summed E-state index contributed by atoms with van der Waals surface area (Å²) in [6.45, 7) is -0.957. The Balaban J connectivity index is 3.99. The van der Waals surface area contributed by atoms with Crippen LogP contribution in [-0.2, 0) is 9.59 Å². The maximum Gasteiger partial charge on any atom is 0.328 e. The van der Waals surface area contributed by atoms with E-state index in [0.717, 1.165) is 0 Å². The largest absolute Gasteiger partial charge is 0.480 e. The fraction of sp³-hybridized carbons (Fsp3) is 0.625. The number of urea groups is 1. The van der Waals surface area contributed by atoms with E-state index in [1.165, 1.54) is 19.0 Å². The SMILES string of the molecule is CN(C)C(=O)CNC(=O)N[C@@H](CO)C(=O)O. The molecule has 0 rings (SSSR count). The Kier molecular flexibility index (Phi) is 5.86. The number of rotatable bonds is 5. The van der Waals surface area contributed by atoms with Gasteiger partial charge in [0.15, 0.2) is 6.04 Å². The Bertz CT molecular complexity index is 279. The van der Waals surface area contributed by atoms with Crippen LogP contribution in [0.25, 0.3) is 0 Å². The number of nitrogens with one attached hydrogen (secondary N) is 2. The zero-order valence-corrected chi connectivity index (χ0v) is 9.06. The Labute approximate surface area is 92.2 Å². The van der Waals surface area contributed by atoms with Gasteiger partial charge in [0.1, 0.15) is 0 Å². The molecule has 0 aromatic carbocycles. The van der Waals surface area contributed by atoms with Crippen LogP contribution >= 0.6 is 0 Å². The molecule has 0 fully saturated rings. The summed E-state index contributed by atoms with van der Waals surface area (Å²) < 4.78 is 0. The molecule has 0 aliphatic rings. The molecule has 92 valence electrons. The van der Waals surface area contributed by atoms with E-state index < -0.39 is 24.6 Å². The molecular formula is C8H15N3O5. The maximum absolute atomic E-state index is 11.1. The molecule has 8 nitrogen and oxygen atoms in total. The van der Waals surface area contributed by atoms with Gasteiger partial charge < -0.3 is 25.7 Å². The first-order valence-electron chi connectivity index (χ1n) is 4.46. The molecule has 0 aliphatic heterocycles. The average molecular weight is 233 g/mol. The Morgan fingerprint density at radius 2 is 1.88 bits per heavy atom. The van der Waals surface area contributed by atoms with Crippen LogP contribution in [0, 0.1) is 0 Å². The van der Waals surface area contributed by atoms with E-state index in [2.05, 4.69) is 5.32 Å². The van der Waals surface area contributed by atoms with Gasteiger partial charge in [-0.15, -0.1) is 0 Å². The van der Waals surface area contributed by atoms with E-state index in [9.17, 15) is 14.4 Å². The van der Waals surface area contributed by atoms with Crippen LogP contribution in [0.5, 0.6) is 0 Å². The van der Waals surface area contributed by atoms with Crippen LogP contribution < -0.4 is 10.6 Å². The third-order valence-corrected chi connectivity index (χ3v) is 1.68. The summed E-state index contributed by atoms with van der Waals surface area (Å²) in [5.41, 5.74) is 0. The molecule has 0 unspecified atom stereocenters. The summed E-state index contributed by atoms with van der Waals surface area (Å²) in [6.07, 6.45) is 0. The number of amides is 3. The number of carbonyl (C=O) groups excluding carboxylic acids is 2. The minimum absolute atomic E-state index is 0.239. The van der Waals surface area contributed by atoms with Crippen molar-refractivity contribution in [2.24, 2.45) is 0 Å². The fourth-order valence-corrected chi connectivity index (χ4v) is 0.709. The molecule has 4 N–H and O–H groups in total.